The van der Waals surface area contributed by atoms with Gasteiger partial charge in [-0.3, -0.25) is 4.79 Å². The molecular weight excluding hydrogens is 336 g/mol. The van der Waals surface area contributed by atoms with Gasteiger partial charge in [-0.2, -0.15) is 0 Å². The van der Waals surface area contributed by atoms with Crippen LogP contribution < -0.4 is 10.2 Å². The van der Waals surface area contributed by atoms with Gasteiger partial charge in [-0.25, -0.2) is 4.98 Å². The summed E-state index contributed by atoms with van der Waals surface area (Å²) in [5.74, 6) is 5.14. The number of rotatable bonds is 4. The van der Waals surface area contributed by atoms with Crippen LogP contribution in [0.15, 0.2) is 18.3 Å². The molecule has 27 heavy (non-hydrogen) atoms. The molecule has 1 aromatic heterocycles. The molecule has 6 rings (SSSR count). The quantitative estimate of drug-likeness (QED) is 0.888. The molecule has 0 unspecified atom stereocenters. The number of nitrogens with one attached hydrogen (secondary N) is 1. The van der Waals surface area contributed by atoms with Crippen LogP contribution in [-0.4, -0.2) is 48.0 Å². The summed E-state index contributed by atoms with van der Waals surface area (Å²) in [4.78, 5) is 20.6. The minimum absolute atomic E-state index is 0.180. The van der Waals surface area contributed by atoms with Crippen molar-refractivity contribution in [1.29, 1.82) is 0 Å². The van der Waals surface area contributed by atoms with E-state index in [1.807, 2.05) is 11.1 Å². The zero-order valence-corrected chi connectivity index (χ0v) is 16.4. The summed E-state index contributed by atoms with van der Waals surface area (Å²) >= 11 is 0. The van der Waals surface area contributed by atoms with Gasteiger partial charge in [0.05, 0.1) is 0 Å². The monoisotopic (exact) mass is 368 g/mol. The number of amides is 1. The topological polar surface area (TPSA) is 48.5 Å². The fourth-order valence-corrected chi connectivity index (χ4v) is 6.57. The molecule has 4 aliphatic carbocycles. The van der Waals surface area contributed by atoms with Crippen molar-refractivity contribution in [1.82, 2.24) is 15.2 Å². The summed E-state index contributed by atoms with van der Waals surface area (Å²) in [6, 6.07) is 4.99. The number of anilines is 1. The lowest BCUT2D eigenvalue weighted by molar-refractivity contribution is -0.129. The van der Waals surface area contributed by atoms with Gasteiger partial charge in [-0.1, -0.05) is 6.07 Å². The first-order valence-electron chi connectivity index (χ1n) is 10.8. The summed E-state index contributed by atoms with van der Waals surface area (Å²) in [6.45, 7) is 5.94. The highest BCUT2D eigenvalue weighted by molar-refractivity contribution is 5.73. The van der Waals surface area contributed by atoms with E-state index in [0.29, 0.717) is 6.04 Å². The van der Waals surface area contributed by atoms with Crippen molar-refractivity contribution in [3.05, 3.63) is 23.9 Å². The number of hydrogen-bond donors (Lipinski definition) is 1. The zero-order valence-electron chi connectivity index (χ0n) is 16.4. The predicted molar refractivity (Wildman–Crippen MR) is 106 cm³/mol. The minimum Gasteiger partial charge on any atom is -0.353 e. The third-order valence-electron chi connectivity index (χ3n) is 7.65. The van der Waals surface area contributed by atoms with E-state index in [0.717, 1.165) is 62.2 Å². The normalized spacial score (nSPS) is 34.9. The summed E-state index contributed by atoms with van der Waals surface area (Å²) in [5, 5.41) is 3.96. The Hall–Kier alpha value is -1.62. The van der Waals surface area contributed by atoms with Gasteiger partial charge in [-0.15, -0.1) is 0 Å². The Morgan fingerprint density at radius 3 is 2.37 bits per heavy atom. The largest absolute Gasteiger partial charge is 0.353 e. The Labute approximate surface area is 162 Å². The maximum atomic E-state index is 11.6. The Balaban J connectivity index is 1.25. The highest BCUT2D eigenvalue weighted by Crippen LogP contribution is 2.53. The van der Waals surface area contributed by atoms with E-state index in [2.05, 4.69) is 22.3 Å². The van der Waals surface area contributed by atoms with Gasteiger partial charge in [0.1, 0.15) is 5.82 Å². The zero-order chi connectivity index (χ0) is 18.4. The van der Waals surface area contributed by atoms with Gasteiger partial charge in [0.2, 0.25) is 5.91 Å². The SMILES string of the molecule is CC(=O)N1CCN(c2ncccc2CNC2C3CC4CC(C3)CC2C4)CC1. The fourth-order valence-electron chi connectivity index (χ4n) is 6.57. The van der Waals surface area contributed by atoms with E-state index in [-0.39, 0.29) is 5.91 Å². The molecule has 1 aromatic rings. The van der Waals surface area contributed by atoms with Crippen LogP contribution in [0.1, 0.15) is 44.6 Å². The number of pyridine rings is 1. The van der Waals surface area contributed by atoms with Crippen LogP contribution in [0.3, 0.4) is 0 Å². The average Bonchev–Trinajstić information content (AvgIpc) is 2.67. The molecule has 1 aliphatic heterocycles. The molecule has 4 bridgehead atoms. The van der Waals surface area contributed by atoms with Gasteiger partial charge in [0, 0.05) is 57.4 Å². The van der Waals surface area contributed by atoms with Crippen LogP contribution in [0.2, 0.25) is 0 Å². The number of aromatic nitrogens is 1. The van der Waals surface area contributed by atoms with Crippen LogP contribution in [-0.2, 0) is 11.3 Å². The van der Waals surface area contributed by atoms with Crippen LogP contribution >= 0.6 is 0 Å². The number of hydrogen-bond acceptors (Lipinski definition) is 4. The Morgan fingerprint density at radius 2 is 1.74 bits per heavy atom. The Morgan fingerprint density at radius 1 is 1.07 bits per heavy atom. The fraction of sp³-hybridized carbons (Fsp3) is 0.727. The van der Waals surface area contributed by atoms with Crippen molar-refractivity contribution >= 4 is 11.7 Å². The van der Waals surface area contributed by atoms with E-state index in [4.69, 9.17) is 4.98 Å². The molecule has 5 fully saturated rings. The van der Waals surface area contributed by atoms with E-state index < -0.39 is 0 Å². The molecule has 0 aromatic carbocycles. The third kappa shape index (κ3) is 3.35. The highest BCUT2D eigenvalue weighted by atomic mass is 16.2. The third-order valence-corrected chi connectivity index (χ3v) is 7.65. The van der Waals surface area contributed by atoms with E-state index in [9.17, 15) is 4.79 Å². The second-order valence-corrected chi connectivity index (χ2v) is 9.32. The van der Waals surface area contributed by atoms with Gasteiger partial charge >= 0.3 is 0 Å². The molecule has 2 heterocycles. The van der Waals surface area contributed by atoms with Crippen LogP contribution in [0.5, 0.6) is 0 Å². The molecule has 0 radical (unpaired) electrons. The smallest absolute Gasteiger partial charge is 0.219 e. The number of nitrogens with zero attached hydrogens (tertiary/aromatic N) is 3. The molecule has 4 saturated carbocycles. The predicted octanol–water partition coefficient (Wildman–Crippen LogP) is 2.66. The molecule has 1 saturated heterocycles. The van der Waals surface area contributed by atoms with E-state index in [1.54, 1.807) is 6.92 Å². The van der Waals surface area contributed by atoms with Crippen molar-refractivity contribution in [2.24, 2.45) is 23.7 Å². The van der Waals surface area contributed by atoms with Crippen molar-refractivity contribution in [3.63, 3.8) is 0 Å². The van der Waals surface area contributed by atoms with Gasteiger partial charge in [-0.05, 0) is 61.8 Å². The number of piperazine rings is 1. The molecule has 0 atom stereocenters. The van der Waals surface area contributed by atoms with Crippen LogP contribution in [0, 0.1) is 23.7 Å². The summed E-state index contributed by atoms with van der Waals surface area (Å²) in [7, 11) is 0. The summed E-state index contributed by atoms with van der Waals surface area (Å²) in [6.07, 6.45) is 9.24. The molecule has 5 aliphatic rings. The molecule has 1 amide bonds. The van der Waals surface area contributed by atoms with Gasteiger partial charge < -0.3 is 15.1 Å². The lowest BCUT2D eigenvalue weighted by Crippen LogP contribution is -2.54. The number of carbonyl (C=O) groups excluding carboxylic acids is 1. The maximum Gasteiger partial charge on any atom is 0.219 e. The van der Waals surface area contributed by atoms with Crippen LogP contribution in [0.25, 0.3) is 0 Å². The van der Waals surface area contributed by atoms with Crippen molar-refractivity contribution in [2.45, 2.75) is 51.6 Å². The first kappa shape index (κ1) is 17.5. The van der Waals surface area contributed by atoms with Crippen molar-refractivity contribution in [2.75, 3.05) is 31.1 Å². The van der Waals surface area contributed by atoms with Crippen molar-refractivity contribution < 1.29 is 4.79 Å². The molecule has 5 heteroatoms. The molecule has 5 nitrogen and oxygen atoms in total. The standard InChI is InChI=1S/C22H32N4O/c1-15(27)25-5-7-26(8-6-25)22-18(3-2-4-23-22)14-24-21-19-10-16-9-17(12-19)13-20(21)11-16/h2-4,16-17,19-21,24H,5-14H2,1H3. The number of carbonyl (C=O) groups is 1. The first-order chi connectivity index (χ1) is 13.2. The van der Waals surface area contributed by atoms with E-state index >= 15 is 0 Å². The maximum absolute atomic E-state index is 11.6. The lowest BCUT2D eigenvalue weighted by atomic mass is 9.54. The lowest BCUT2D eigenvalue weighted by Gasteiger charge is -2.54. The molecule has 1 N–H and O–H groups in total. The summed E-state index contributed by atoms with van der Waals surface area (Å²) < 4.78 is 0. The van der Waals surface area contributed by atoms with Gasteiger partial charge in [0.25, 0.3) is 0 Å². The van der Waals surface area contributed by atoms with Gasteiger partial charge in [0.15, 0.2) is 0 Å². The molecule has 146 valence electrons. The van der Waals surface area contributed by atoms with Crippen LogP contribution in [0.4, 0.5) is 5.82 Å². The minimum atomic E-state index is 0.180. The average molecular weight is 369 g/mol. The molecular formula is C22H32N4O. The van der Waals surface area contributed by atoms with E-state index in [1.165, 1.54) is 37.7 Å². The Bertz CT molecular complexity index is 669. The molecule has 0 spiro atoms. The van der Waals surface area contributed by atoms with Crippen molar-refractivity contribution in [3.8, 4) is 0 Å². The highest BCUT2D eigenvalue weighted by Gasteiger charge is 2.47. The second-order valence-electron chi connectivity index (χ2n) is 9.32. The summed E-state index contributed by atoms with van der Waals surface area (Å²) in [5.41, 5.74) is 1.31. The first-order valence-corrected chi connectivity index (χ1v) is 10.8. The Kier molecular flexibility index (Phi) is 4.58. The second kappa shape index (κ2) is 7.08.